The van der Waals surface area contributed by atoms with E-state index in [-0.39, 0.29) is 28.1 Å². The first-order valence-electron chi connectivity index (χ1n) is 9.99. The molecule has 4 rings (SSSR count). The third-order valence-corrected chi connectivity index (χ3v) is 8.86. The van der Waals surface area contributed by atoms with Crippen molar-refractivity contribution in [2.45, 2.75) is 66.2 Å². The van der Waals surface area contributed by atoms with Gasteiger partial charge in [0.25, 0.3) is 0 Å². The molecular formula is C22H32O3. The van der Waals surface area contributed by atoms with Gasteiger partial charge in [-0.3, -0.25) is 4.79 Å². The predicted octanol–water partition coefficient (Wildman–Crippen LogP) is 4.55. The number of hydrogen-bond donors (Lipinski definition) is 0. The Balaban J connectivity index is 1.79. The van der Waals surface area contributed by atoms with Crippen LogP contribution < -0.4 is 0 Å². The first-order valence-corrected chi connectivity index (χ1v) is 9.99. The third-order valence-electron chi connectivity index (χ3n) is 8.86. The van der Waals surface area contributed by atoms with E-state index in [1.165, 1.54) is 20.0 Å². The lowest BCUT2D eigenvalue weighted by molar-refractivity contribution is -0.163. The second-order valence-corrected chi connectivity index (χ2v) is 10.2. The van der Waals surface area contributed by atoms with Gasteiger partial charge in [-0.15, -0.1) is 0 Å². The summed E-state index contributed by atoms with van der Waals surface area (Å²) in [5.41, 5.74) is 0.512. The zero-order valence-corrected chi connectivity index (χ0v) is 16.4. The minimum Gasteiger partial charge on any atom is -0.466 e. The number of rotatable bonds is 1. The maximum absolute atomic E-state index is 13.4. The maximum Gasteiger partial charge on any atom is 0.333 e. The van der Waals surface area contributed by atoms with Crippen LogP contribution in [0.2, 0.25) is 0 Å². The number of fused-ring (bicyclic) bond motifs is 3. The van der Waals surface area contributed by atoms with Crippen LogP contribution in [0.3, 0.4) is 0 Å². The maximum atomic E-state index is 13.4. The highest BCUT2D eigenvalue weighted by Gasteiger charge is 2.67. The summed E-state index contributed by atoms with van der Waals surface area (Å²) in [6.07, 6.45) is 8.35. The van der Waals surface area contributed by atoms with E-state index in [9.17, 15) is 9.59 Å². The fourth-order valence-electron chi connectivity index (χ4n) is 7.66. The second kappa shape index (κ2) is 5.20. The van der Waals surface area contributed by atoms with Crippen LogP contribution in [0.1, 0.15) is 66.2 Å². The van der Waals surface area contributed by atoms with Crippen LogP contribution >= 0.6 is 0 Å². The number of carbonyl (C=O) groups is 2. The molecule has 0 radical (unpaired) electrons. The quantitative estimate of drug-likeness (QED) is 0.655. The normalized spacial score (nSPS) is 47.6. The molecule has 6 atom stereocenters. The van der Waals surface area contributed by atoms with E-state index in [1.54, 1.807) is 0 Å². The predicted molar refractivity (Wildman–Crippen MR) is 96.8 cm³/mol. The molecule has 0 heterocycles. The van der Waals surface area contributed by atoms with Crippen molar-refractivity contribution in [3.8, 4) is 0 Å². The van der Waals surface area contributed by atoms with Crippen molar-refractivity contribution < 1.29 is 14.3 Å². The summed E-state index contributed by atoms with van der Waals surface area (Å²) in [5.74, 6) is 2.41. The zero-order chi connectivity index (χ0) is 18.2. The molecule has 25 heavy (non-hydrogen) atoms. The van der Waals surface area contributed by atoms with E-state index < -0.39 is 0 Å². The minimum atomic E-state index is -0.307. The van der Waals surface area contributed by atoms with Gasteiger partial charge in [-0.25, -0.2) is 4.79 Å². The first kappa shape index (κ1) is 17.3. The Bertz CT molecular complexity index is 656. The second-order valence-electron chi connectivity index (χ2n) is 10.2. The van der Waals surface area contributed by atoms with Gasteiger partial charge in [0.2, 0.25) is 0 Å². The number of esters is 1. The van der Waals surface area contributed by atoms with Crippen molar-refractivity contribution in [1.29, 1.82) is 0 Å². The Hall–Kier alpha value is -1.12. The van der Waals surface area contributed by atoms with Crippen LogP contribution in [0.5, 0.6) is 0 Å². The van der Waals surface area contributed by atoms with Crippen molar-refractivity contribution >= 4 is 11.8 Å². The average Bonchev–Trinajstić information content (AvgIpc) is 2.80. The summed E-state index contributed by atoms with van der Waals surface area (Å²) in [6, 6.07) is 0. The monoisotopic (exact) mass is 344 g/mol. The standard InChI is InChI=1S/C22H32O3/c1-13-11-22-12-14(13)6-7-16(22)21(4)9-8-15(19(24)25-5)20(2,3)17(21)10-18(22)23/h8,13-14,16-17H,6-7,9-12H2,1-5H3/t13-,14-,16-,17+,21-,22-/m1/s1. The summed E-state index contributed by atoms with van der Waals surface area (Å²) < 4.78 is 5.04. The topological polar surface area (TPSA) is 43.4 Å². The molecular weight excluding hydrogens is 312 g/mol. The van der Waals surface area contributed by atoms with Crippen LogP contribution in [0.25, 0.3) is 0 Å². The van der Waals surface area contributed by atoms with E-state index in [0.717, 1.165) is 30.8 Å². The number of carbonyl (C=O) groups excluding carboxylic acids is 2. The van der Waals surface area contributed by atoms with Crippen molar-refractivity contribution in [2.24, 2.45) is 39.9 Å². The molecule has 0 amide bonds. The van der Waals surface area contributed by atoms with Crippen LogP contribution in [-0.2, 0) is 14.3 Å². The lowest BCUT2D eigenvalue weighted by atomic mass is 9.41. The molecule has 138 valence electrons. The molecule has 3 heteroatoms. The number of ketones is 1. The molecule has 0 N–H and O–H groups in total. The number of methoxy groups -OCH3 is 1. The molecule has 3 fully saturated rings. The van der Waals surface area contributed by atoms with Gasteiger partial charge in [0.15, 0.2) is 0 Å². The Morgan fingerprint density at radius 2 is 1.88 bits per heavy atom. The molecule has 4 aliphatic carbocycles. The van der Waals surface area contributed by atoms with E-state index in [2.05, 4.69) is 33.8 Å². The van der Waals surface area contributed by atoms with Crippen molar-refractivity contribution in [1.82, 2.24) is 0 Å². The molecule has 0 unspecified atom stereocenters. The number of allylic oxidation sites excluding steroid dienone is 1. The number of Topliss-reactive ketones (excluding diaryl/α,β-unsaturated/α-hetero) is 1. The van der Waals surface area contributed by atoms with Crippen LogP contribution in [0.15, 0.2) is 11.6 Å². The van der Waals surface area contributed by atoms with Gasteiger partial charge in [-0.2, -0.15) is 0 Å². The third kappa shape index (κ3) is 2.04. The highest BCUT2D eigenvalue weighted by atomic mass is 16.5. The van der Waals surface area contributed by atoms with Gasteiger partial charge >= 0.3 is 5.97 Å². The van der Waals surface area contributed by atoms with Gasteiger partial charge < -0.3 is 4.74 Å². The number of hydrogen-bond acceptors (Lipinski definition) is 3. The summed E-state index contributed by atoms with van der Waals surface area (Å²) in [7, 11) is 1.45. The fraction of sp³-hybridized carbons (Fsp3) is 0.818. The highest BCUT2D eigenvalue weighted by molar-refractivity contribution is 5.92. The Morgan fingerprint density at radius 3 is 2.56 bits per heavy atom. The van der Waals surface area contributed by atoms with Crippen LogP contribution in [0, 0.1) is 39.9 Å². The molecule has 2 bridgehead atoms. The van der Waals surface area contributed by atoms with Gasteiger partial charge in [-0.05, 0) is 61.2 Å². The molecule has 0 aromatic carbocycles. The molecule has 1 spiro atoms. The molecule has 3 nitrogen and oxygen atoms in total. The summed E-state index contributed by atoms with van der Waals surface area (Å²) in [6.45, 7) is 9.05. The Morgan fingerprint density at radius 1 is 1.16 bits per heavy atom. The SMILES string of the molecule is COC(=O)C1=CC[C@@]2(C)[C@@H](CC(=O)[C@]34C[C@@H](CC[C@@H]32)[C@H](C)C4)C1(C)C. The smallest absolute Gasteiger partial charge is 0.333 e. The molecule has 0 aliphatic heterocycles. The molecule has 0 aromatic heterocycles. The van der Waals surface area contributed by atoms with Crippen molar-refractivity contribution in [3.05, 3.63) is 11.6 Å². The number of ether oxygens (including phenoxy) is 1. The van der Waals surface area contributed by atoms with Crippen LogP contribution in [-0.4, -0.2) is 18.9 Å². The molecule has 3 saturated carbocycles. The van der Waals surface area contributed by atoms with E-state index in [1.807, 2.05) is 0 Å². The van der Waals surface area contributed by atoms with Crippen LogP contribution in [0.4, 0.5) is 0 Å². The zero-order valence-electron chi connectivity index (χ0n) is 16.4. The van der Waals surface area contributed by atoms with Gasteiger partial charge in [0, 0.05) is 22.8 Å². The first-order chi connectivity index (χ1) is 11.7. The van der Waals surface area contributed by atoms with E-state index in [0.29, 0.717) is 24.0 Å². The Kier molecular flexibility index (Phi) is 3.60. The van der Waals surface area contributed by atoms with Crippen molar-refractivity contribution in [3.63, 3.8) is 0 Å². The average molecular weight is 344 g/mol. The molecule has 0 aromatic rings. The van der Waals surface area contributed by atoms with Gasteiger partial charge in [0.1, 0.15) is 5.78 Å². The largest absolute Gasteiger partial charge is 0.466 e. The summed E-state index contributed by atoms with van der Waals surface area (Å²) >= 11 is 0. The minimum absolute atomic E-state index is 0.0692. The highest BCUT2D eigenvalue weighted by Crippen LogP contribution is 2.70. The van der Waals surface area contributed by atoms with Gasteiger partial charge in [-0.1, -0.05) is 33.8 Å². The van der Waals surface area contributed by atoms with Gasteiger partial charge in [0.05, 0.1) is 7.11 Å². The van der Waals surface area contributed by atoms with Crippen molar-refractivity contribution in [2.75, 3.05) is 7.11 Å². The van der Waals surface area contributed by atoms with E-state index >= 15 is 0 Å². The fourth-order valence-corrected chi connectivity index (χ4v) is 7.66. The van der Waals surface area contributed by atoms with E-state index in [4.69, 9.17) is 4.74 Å². The molecule has 0 saturated heterocycles. The lowest BCUT2D eigenvalue weighted by Gasteiger charge is -2.62. The summed E-state index contributed by atoms with van der Waals surface area (Å²) in [4.78, 5) is 25.8. The lowest BCUT2D eigenvalue weighted by Crippen LogP contribution is -2.59. The summed E-state index contributed by atoms with van der Waals surface area (Å²) in [5, 5.41) is 0. The molecule has 4 aliphatic rings. The Labute approximate surface area is 151 Å².